The molecule has 14 heteroatoms. The highest BCUT2D eigenvalue weighted by Crippen LogP contribution is 2.44. The molecule has 3 fully saturated rings. The molecule has 3 aliphatic heterocycles. The number of nitrogens with two attached hydrogens (primary N) is 1. The minimum absolute atomic E-state index is 0.0862. The second-order valence-electron chi connectivity index (χ2n) is 10.9. The zero-order valence-electron chi connectivity index (χ0n) is 22.1. The molecule has 2 N–H and O–H groups in total. The Balaban J connectivity index is 1.48. The van der Waals surface area contributed by atoms with Crippen LogP contribution in [0.3, 0.4) is 0 Å². The first kappa shape index (κ1) is 28.1. The predicted octanol–water partition coefficient (Wildman–Crippen LogP) is 5.27. The molecule has 0 amide bonds. The Labute approximate surface area is 237 Å². The van der Waals surface area contributed by atoms with E-state index in [0.717, 1.165) is 31.5 Å². The molecule has 3 atom stereocenters. The minimum atomic E-state index is -4.90. The summed E-state index contributed by atoms with van der Waals surface area (Å²) in [5, 5.41) is -0.479. The average molecular weight is 599 g/mol. The maximum atomic E-state index is 16.3. The number of alkyl halides is 4. The zero-order valence-corrected chi connectivity index (χ0v) is 22.9. The molecule has 0 radical (unpaired) electrons. The van der Waals surface area contributed by atoms with E-state index < -0.39 is 45.5 Å². The summed E-state index contributed by atoms with van der Waals surface area (Å²) in [7, 11) is 0. The van der Waals surface area contributed by atoms with Crippen molar-refractivity contribution < 1.29 is 31.4 Å². The number of fused-ring (bicyclic) bond motifs is 2. The van der Waals surface area contributed by atoms with Gasteiger partial charge in [0, 0.05) is 37.0 Å². The van der Waals surface area contributed by atoms with E-state index in [1.54, 1.807) is 0 Å². The molecule has 5 heterocycles. The van der Waals surface area contributed by atoms with E-state index in [1.807, 2.05) is 11.8 Å². The normalized spacial score (nSPS) is 25.2. The number of hydrogen-bond donors (Lipinski definition) is 1. The fraction of sp³-hybridized carbons (Fsp3) is 0.519. The molecule has 3 saturated heterocycles. The van der Waals surface area contributed by atoms with Gasteiger partial charge in [0.15, 0.2) is 5.82 Å². The first-order chi connectivity index (χ1) is 19.5. The monoisotopic (exact) mass is 598 g/mol. The van der Waals surface area contributed by atoms with Gasteiger partial charge in [-0.2, -0.15) is 23.1 Å². The molecule has 220 valence electrons. The van der Waals surface area contributed by atoms with Gasteiger partial charge in [-0.15, -0.1) is 0 Å². The molecule has 1 aromatic carbocycles. The summed E-state index contributed by atoms with van der Waals surface area (Å²) < 4.78 is 84.1. The van der Waals surface area contributed by atoms with Crippen LogP contribution in [0.25, 0.3) is 22.2 Å². The summed E-state index contributed by atoms with van der Waals surface area (Å²) in [5.74, 6) is -0.787. The average Bonchev–Trinajstić information content (AvgIpc) is 3.42. The number of rotatable bonds is 5. The maximum absolute atomic E-state index is 16.3. The van der Waals surface area contributed by atoms with Crippen molar-refractivity contribution >= 4 is 34.0 Å². The van der Waals surface area contributed by atoms with Crippen LogP contribution in [0.15, 0.2) is 18.3 Å². The van der Waals surface area contributed by atoms with E-state index in [1.165, 1.54) is 6.20 Å². The van der Waals surface area contributed by atoms with Crippen LogP contribution in [-0.2, 0) is 10.9 Å². The van der Waals surface area contributed by atoms with E-state index in [4.69, 9.17) is 26.8 Å². The van der Waals surface area contributed by atoms with Crippen LogP contribution in [0.2, 0.25) is 5.02 Å². The smallest absolute Gasteiger partial charge is 0.418 e. The van der Waals surface area contributed by atoms with Crippen molar-refractivity contribution in [3.8, 4) is 17.3 Å². The molecule has 3 aromatic rings. The van der Waals surface area contributed by atoms with Crippen LogP contribution in [0.4, 0.5) is 33.5 Å². The fourth-order valence-corrected chi connectivity index (χ4v) is 6.62. The van der Waals surface area contributed by atoms with Gasteiger partial charge in [-0.3, -0.25) is 9.88 Å². The van der Waals surface area contributed by atoms with Crippen molar-refractivity contribution in [3.05, 3.63) is 34.7 Å². The molecule has 6 rings (SSSR count). The Morgan fingerprint density at radius 1 is 1.24 bits per heavy atom. The number of halogens is 6. The molecule has 0 bridgehead atoms. The van der Waals surface area contributed by atoms with Crippen LogP contribution in [0, 0.1) is 5.82 Å². The molecular weight excluding hydrogens is 571 g/mol. The summed E-state index contributed by atoms with van der Waals surface area (Å²) in [6, 6.07) is 1.63. The Bertz CT molecular complexity index is 1490. The van der Waals surface area contributed by atoms with E-state index in [0.29, 0.717) is 38.5 Å². The van der Waals surface area contributed by atoms with Gasteiger partial charge in [-0.1, -0.05) is 11.6 Å². The van der Waals surface area contributed by atoms with Crippen LogP contribution >= 0.6 is 11.6 Å². The van der Waals surface area contributed by atoms with Gasteiger partial charge >= 0.3 is 12.2 Å². The van der Waals surface area contributed by atoms with Crippen LogP contribution in [0.5, 0.6) is 6.01 Å². The van der Waals surface area contributed by atoms with Crippen molar-refractivity contribution in [2.45, 2.75) is 50.1 Å². The number of pyridine rings is 1. The maximum Gasteiger partial charge on any atom is 0.418 e. The summed E-state index contributed by atoms with van der Waals surface area (Å²) in [4.78, 5) is 16.9. The number of hydrogen-bond acceptors (Lipinski definition) is 8. The third-order valence-electron chi connectivity index (χ3n) is 8.17. The van der Waals surface area contributed by atoms with E-state index in [2.05, 4.69) is 19.9 Å². The zero-order chi connectivity index (χ0) is 29.1. The molecular formula is C27H28ClF5N6O2. The Morgan fingerprint density at radius 2 is 2.05 bits per heavy atom. The molecule has 41 heavy (non-hydrogen) atoms. The third kappa shape index (κ3) is 5.01. The van der Waals surface area contributed by atoms with E-state index in [9.17, 15) is 17.6 Å². The Hall–Kier alpha value is -3.03. The van der Waals surface area contributed by atoms with Gasteiger partial charge in [0.25, 0.3) is 0 Å². The second-order valence-corrected chi connectivity index (χ2v) is 11.3. The van der Waals surface area contributed by atoms with Gasteiger partial charge in [-0.05, 0) is 38.4 Å². The highest BCUT2D eigenvalue weighted by molar-refractivity contribution is 6.32. The largest absolute Gasteiger partial charge is 0.461 e. The van der Waals surface area contributed by atoms with E-state index in [-0.39, 0.29) is 35.2 Å². The molecule has 0 unspecified atom stereocenters. The van der Waals surface area contributed by atoms with Crippen molar-refractivity contribution in [1.82, 2.24) is 19.9 Å². The van der Waals surface area contributed by atoms with Crippen molar-refractivity contribution in [2.24, 2.45) is 0 Å². The number of nitrogens with zero attached hydrogens (tertiary/aromatic N) is 5. The molecule has 0 saturated carbocycles. The first-order valence-electron chi connectivity index (χ1n) is 13.4. The molecule has 0 spiro atoms. The lowest BCUT2D eigenvalue weighted by atomic mass is 9.95. The number of nitrogen functional groups attached to an aromatic ring is 1. The quantitative estimate of drug-likeness (QED) is 0.314. The molecule has 8 nitrogen and oxygen atoms in total. The summed E-state index contributed by atoms with van der Waals surface area (Å²) >= 11 is 5.92. The molecule has 0 aliphatic carbocycles. The molecule has 3 aliphatic rings. The predicted molar refractivity (Wildman–Crippen MR) is 143 cm³/mol. The number of benzene rings is 1. The Morgan fingerprint density at radius 3 is 2.80 bits per heavy atom. The standard InChI is InChI=1S/C27H28ClF5N6O2/c1-14-12-40-6-5-39(14)24-18-10-35-22(17-7-16(34)8-19(28)20(17)27(31,32)33)21(30)23(18)36-25(37-24)41-13-26-3-2-4-38(26)11-15(29)9-26/h7-8,10,14-15H,2-6,9,11-13,34H2,1H3/t14-,15-,26+/m1/s1. The number of aromatic nitrogens is 3. The van der Waals surface area contributed by atoms with E-state index >= 15 is 4.39 Å². The van der Waals surface area contributed by atoms with Crippen LogP contribution in [0.1, 0.15) is 31.7 Å². The SMILES string of the molecule is C[C@@H]1COCCN1c1nc(OC[C@@]23CCCN2C[C@H](F)C3)nc2c(F)c(-c3cc(N)cc(Cl)c3C(F)(F)F)ncc12. The number of morpholine rings is 1. The lowest BCUT2D eigenvalue weighted by Gasteiger charge is -2.35. The van der Waals surface area contributed by atoms with Gasteiger partial charge in [-0.25, -0.2) is 8.78 Å². The highest BCUT2D eigenvalue weighted by atomic mass is 35.5. The lowest BCUT2D eigenvalue weighted by Crippen LogP contribution is -2.44. The van der Waals surface area contributed by atoms with Crippen LogP contribution < -0.4 is 15.4 Å². The van der Waals surface area contributed by atoms with Crippen molar-refractivity contribution in [2.75, 3.05) is 50.1 Å². The highest BCUT2D eigenvalue weighted by Gasteiger charge is 2.49. The molecule has 2 aromatic heterocycles. The van der Waals surface area contributed by atoms with Gasteiger partial charge in [0.05, 0.1) is 40.8 Å². The lowest BCUT2D eigenvalue weighted by molar-refractivity contribution is -0.137. The van der Waals surface area contributed by atoms with Gasteiger partial charge < -0.3 is 20.1 Å². The summed E-state index contributed by atoms with van der Waals surface area (Å²) in [6.45, 7) is 4.31. The summed E-state index contributed by atoms with van der Waals surface area (Å²) in [5.41, 5.74) is 2.45. The topological polar surface area (TPSA) is 89.6 Å². The number of ether oxygens (including phenoxy) is 2. The van der Waals surface area contributed by atoms with Gasteiger partial charge in [0.2, 0.25) is 0 Å². The third-order valence-corrected chi connectivity index (χ3v) is 8.46. The second kappa shape index (κ2) is 10.4. The first-order valence-corrected chi connectivity index (χ1v) is 13.7. The van der Waals surface area contributed by atoms with Crippen molar-refractivity contribution in [1.29, 1.82) is 0 Å². The number of anilines is 2. The van der Waals surface area contributed by atoms with Gasteiger partial charge in [0.1, 0.15) is 29.8 Å². The van der Waals surface area contributed by atoms with Crippen molar-refractivity contribution in [3.63, 3.8) is 0 Å². The van der Waals surface area contributed by atoms with Crippen LogP contribution in [-0.4, -0.2) is 77.1 Å². The summed E-state index contributed by atoms with van der Waals surface area (Å²) in [6.07, 6.45) is -2.67. The minimum Gasteiger partial charge on any atom is -0.461 e. The Kier molecular flexibility index (Phi) is 7.10. The fourth-order valence-electron chi connectivity index (χ4n) is 6.28.